The molecule has 68 valence electrons. The molecule has 0 saturated carbocycles. The monoisotopic (exact) mass is 185 g/mol. The third-order valence-electron chi connectivity index (χ3n) is 1.62. The third kappa shape index (κ3) is 1.61. The molecule has 0 aliphatic rings. The number of aromatic nitrogens is 5. The van der Waals surface area contributed by atoms with Crippen LogP contribution in [-0.2, 0) is 0 Å². The Hall–Kier alpha value is -2.17. The zero-order valence-electron chi connectivity index (χ0n) is 7.33. The minimum absolute atomic E-state index is 0.419. The Morgan fingerprint density at radius 3 is 2.21 bits per heavy atom. The summed E-state index contributed by atoms with van der Waals surface area (Å²) in [4.78, 5) is 3.89. The minimum Gasteiger partial charge on any atom is -0.265 e. The van der Waals surface area contributed by atoms with Gasteiger partial charge in [0, 0.05) is 18.0 Å². The average molecular weight is 185 g/mol. The summed E-state index contributed by atoms with van der Waals surface area (Å²) in [7, 11) is 0. The molecule has 0 aliphatic heterocycles. The largest absolute Gasteiger partial charge is 0.265 e. The Kier molecular flexibility index (Phi) is 2.22. The predicted molar refractivity (Wildman–Crippen MR) is 50.9 cm³/mol. The molecule has 5 heteroatoms. The Balaban J connectivity index is 2.39. The van der Waals surface area contributed by atoms with Crippen LogP contribution in [0.4, 0.5) is 0 Å². The fourth-order valence-electron chi connectivity index (χ4n) is 0.935. The first-order valence-corrected chi connectivity index (χ1v) is 4.00. The van der Waals surface area contributed by atoms with Gasteiger partial charge < -0.3 is 0 Å². The highest BCUT2D eigenvalue weighted by Crippen LogP contribution is 2.09. The Morgan fingerprint density at radius 1 is 1.00 bits per heavy atom. The van der Waals surface area contributed by atoms with E-state index in [1.54, 1.807) is 24.5 Å². The first-order chi connectivity index (χ1) is 6.90. The van der Waals surface area contributed by atoms with E-state index in [1.807, 2.05) is 0 Å². The molecule has 0 aromatic carbocycles. The van der Waals surface area contributed by atoms with Crippen LogP contribution in [0.2, 0.25) is 0 Å². The lowest BCUT2D eigenvalue weighted by molar-refractivity contribution is 0.850. The standard InChI is InChI=1S/C9H7N5/c1-2-8-11-13-9(14-12-8)7-3-5-10-6-4-7/h2-6H,1H2. The first kappa shape index (κ1) is 8.43. The number of rotatable bonds is 2. The fourth-order valence-corrected chi connectivity index (χ4v) is 0.935. The molecule has 0 amide bonds. The van der Waals surface area contributed by atoms with Gasteiger partial charge >= 0.3 is 0 Å². The number of hydrogen-bond acceptors (Lipinski definition) is 5. The van der Waals surface area contributed by atoms with Gasteiger partial charge in [-0.15, -0.1) is 20.4 Å². The molecule has 2 heterocycles. The van der Waals surface area contributed by atoms with Gasteiger partial charge in [-0.3, -0.25) is 4.98 Å². The van der Waals surface area contributed by atoms with Crippen molar-refractivity contribution >= 4 is 6.08 Å². The Morgan fingerprint density at radius 2 is 1.64 bits per heavy atom. The normalized spacial score (nSPS) is 9.71. The van der Waals surface area contributed by atoms with Crippen molar-refractivity contribution in [2.24, 2.45) is 0 Å². The van der Waals surface area contributed by atoms with Crippen LogP contribution in [0, 0.1) is 0 Å². The van der Waals surface area contributed by atoms with Crippen LogP contribution in [0.25, 0.3) is 17.5 Å². The van der Waals surface area contributed by atoms with Gasteiger partial charge in [0.05, 0.1) is 0 Å². The van der Waals surface area contributed by atoms with E-state index < -0.39 is 0 Å². The van der Waals surface area contributed by atoms with Gasteiger partial charge in [0.15, 0.2) is 5.82 Å². The molecule has 2 aromatic rings. The number of nitrogens with zero attached hydrogens (tertiary/aromatic N) is 5. The van der Waals surface area contributed by atoms with E-state index in [0.717, 1.165) is 5.56 Å². The van der Waals surface area contributed by atoms with Crippen molar-refractivity contribution in [1.29, 1.82) is 0 Å². The van der Waals surface area contributed by atoms with E-state index in [4.69, 9.17) is 0 Å². The van der Waals surface area contributed by atoms with Gasteiger partial charge in [0.25, 0.3) is 0 Å². The molecule has 0 unspecified atom stereocenters. The molecule has 0 saturated heterocycles. The van der Waals surface area contributed by atoms with Crippen molar-refractivity contribution in [3.63, 3.8) is 0 Å². The minimum atomic E-state index is 0.419. The van der Waals surface area contributed by atoms with Crippen molar-refractivity contribution in [3.05, 3.63) is 36.9 Å². The van der Waals surface area contributed by atoms with Gasteiger partial charge in [-0.2, -0.15) is 0 Å². The lowest BCUT2D eigenvalue weighted by atomic mass is 10.3. The second-order valence-electron chi connectivity index (χ2n) is 2.52. The van der Waals surface area contributed by atoms with Crippen molar-refractivity contribution in [3.8, 4) is 11.4 Å². The van der Waals surface area contributed by atoms with Crippen LogP contribution in [0.15, 0.2) is 31.1 Å². The maximum atomic E-state index is 3.90. The smallest absolute Gasteiger partial charge is 0.203 e. The molecular formula is C9H7N5. The van der Waals surface area contributed by atoms with Crippen LogP contribution < -0.4 is 0 Å². The molecule has 14 heavy (non-hydrogen) atoms. The highest BCUT2D eigenvalue weighted by atomic mass is 15.3. The highest BCUT2D eigenvalue weighted by Gasteiger charge is 2.01. The fraction of sp³-hybridized carbons (Fsp3) is 0. The SMILES string of the molecule is C=Cc1nnc(-c2ccncc2)nn1. The van der Waals surface area contributed by atoms with Crippen molar-refractivity contribution < 1.29 is 0 Å². The van der Waals surface area contributed by atoms with Gasteiger partial charge in [-0.1, -0.05) is 6.58 Å². The molecule has 0 spiro atoms. The zero-order valence-corrected chi connectivity index (χ0v) is 7.33. The molecule has 0 fully saturated rings. The summed E-state index contributed by atoms with van der Waals surface area (Å²) in [5.74, 6) is 0.904. The van der Waals surface area contributed by atoms with Crippen molar-refractivity contribution in [2.45, 2.75) is 0 Å². The maximum absolute atomic E-state index is 3.90. The molecule has 2 rings (SSSR count). The van der Waals surface area contributed by atoms with E-state index >= 15 is 0 Å². The van der Waals surface area contributed by atoms with E-state index in [9.17, 15) is 0 Å². The van der Waals surface area contributed by atoms with E-state index in [-0.39, 0.29) is 0 Å². The molecule has 2 aromatic heterocycles. The molecule has 0 aliphatic carbocycles. The van der Waals surface area contributed by atoms with Gasteiger partial charge in [-0.05, 0) is 18.2 Å². The summed E-state index contributed by atoms with van der Waals surface area (Å²) < 4.78 is 0. The molecular weight excluding hydrogens is 178 g/mol. The third-order valence-corrected chi connectivity index (χ3v) is 1.62. The zero-order chi connectivity index (χ0) is 9.80. The Labute approximate surface area is 80.6 Å². The van der Waals surface area contributed by atoms with Crippen LogP contribution >= 0.6 is 0 Å². The average Bonchev–Trinajstić information content (AvgIpc) is 2.30. The Bertz CT molecular complexity index is 423. The lowest BCUT2D eigenvalue weighted by Crippen LogP contribution is -1.98. The molecule has 0 atom stereocenters. The summed E-state index contributed by atoms with van der Waals surface area (Å²) in [5.41, 5.74) is 0.843. The summed E-state index contributed by atoms with van der Waals surface area (Å²) in [5, 5.41) is 15.4. The number of pyridine rings is 1. The van der Waals surface area contributed by atoms with Crippen LogP contribution in [0.3, 0.4) is 0 Å². The second kappa shape index (κ2) is 3.69. The number of hydrogen-bond donors (Lipinski definition) is 0. The summed E-state index contributed by atoms with van der Waals surface area (Å²) in [6, 6.07) is 3.60. The van der Waals surface area contributed by atoms with Crippen molar-refractivity contribution in [2.75, 3.05) is 0 Å². The van der Waals surface area contributed by atoms with E-state index in [2.05, 4.69) is 32.0 Å². The molecule has 0 N–H and O–H groups in total. The van der Waals surface area contributed by atoms with Gasteiger partial charge in [0.1, 0.15) is 0 Å². The maximum Gasteiger partial charge on any atom is 0.203 e. The first-order valence-electron chi connectivity index (χ1n) is 4.00. The molecule has 0 radical (unpaired) electrons. The summed E-state index contributed by atoms with van der Waals surface area (Å²) in [6.07, 6.45) is 4.83. The predicted octanol–water partition coefficient (Wildman–Crippen LogP) is 0.972. The van der Waals surface area contributed by atoms with Crippen molar-refractivity contribution in [1.82, 2.24) is 25.4 Å². The van der Waals surface area contributed by atoms with Gasteiger partial charge in [0.2, 0.25) is 5.82 Å². The topological polar surface area (TPSA) is 64.5 Å². The molecule has 5 nitrogen and oxygen atoms in total. The quantitative estimate of drug-likeness (QED) is 0.697. The van der Waals surface area contributed by atoms with Crippen LogP contribution in [0.5, 0.6) is 0 Å². The summed E-state index contributed by atoms with van der Waals surface area (Å²) >= 11 is 0. The van der Waals surface area contributed by atoms with Gasteiger partial charge in [-0.25, -0.2) is 0 Å². The molecule has 0 bridgehead atoms. The van der Waals surface area contributed by atoms with E-state index in [1.165, 1.54) is 6.08 Å². The van der Waals surface area contributed by atoms with E-state index in [0.29, 0.717) is 11.6 Å². The highest BCUT2D eigenvalue weighted by molar-refractivity contribution is 5.52. The lowest BCUT2D eigenvalue weighted by Gasteiger charge is -1.96. The second-order valence-corrected chi connectivity index (χ2v) is 2.52. The van der Waals surface area contributed by atoms with Crippen LogP contribution in [0.1, 0.15) is 5.82 Å². The summed E-state index contributed by atoms with van der Waals surface area (Å²) in [6.45, 7) is 3.52. The van der Waals surface area contributed by atoms with Crippen LogP contribution in [-0.4, -0.2) is 25.4 Å².